The van der Waals surface area contributed by atoms with Crippen LogP contribution in [0.25, 0.3) is 0 Å². The fourth-order valence-corrected chi connectivity index (χ4v) is 4.29. The minimum atomic E-state index is 0.168. The van der Waals surface area contributed by atoms with E-state index < -0.39 is 0 Å². The van der Waals surface area contributed by atoms with Crippen LogP contribution < -0.4 is 9.47 Å². The van der Waals surface area contributed by atoms with Crippen LogP contribution in [0.15, 0.2) is 23.4 Å². The lowest BCUT2D eigenvalue weighted by Gasteiger charge is -2.42. The Labute approximate surface area is 138 Å². The number of nitrogens with zero attached hydrogens (tertiary/aromatic N) is 2. The van der Waals surface area contributed by atoms with E-state index >= 15 is 0 Å². The Kier molecular flexibility index (Phi) is 4.48. The summed E-state index contributed by atoms with van der Waals surface area (Å²) < 4.78 is 10.9. The molecule has 1 aliphatic carbocycles. The normalized spacial score (nSPS) is 29.4. The maximum absolute atomic E-state index is 5.52. The van der Waals surface area contributed by atoms with Crippen molar-refractivity contribution in [3.05, 3.63) is 23.8 Å². The van der Waals surface area contributed by atoms with Gasteiger partial charge in [0.05, 0.1) is 19.9 Å². The van der Waals surface area contributed by atoms with Crippen LogP contribution in [-0.4, -0.2) is 51.6 Å². The van der Waals surface area contributed by atoms with Crippen LogP contribution in [0.2, 0.25) is 0 Å². The van der Waals surface area contributed by atoms with Crippen molar-refractivity contribution in [1.82, 2.24) is 4.90 Å². The molecule has 1 saturated carbocycles. The predicted octanol–water partition coefficient (Wildman–Crippen LogP) is 2.83. The predicted molar refractivity (Wildman–Crippen MR) is 90.6 cm³/mol. The van der Waals surface area contributed by atoms with E-state index in [-0.39, 0.29) is 5.41 Å². The highest BCUT2D eigenvalue weighted by atomic mass is 16.6. The van der Waals surface area contributed by atoms with E-state index in [1.54, 1.807) is 21.3 Å². The van der Waals surface area contributed by atoms with Gasteiger partial charge in [0.2, 0.25) is 0 Å². The number of likely N-dealkylation sites (tertiary alicyclic amines) is 1. The molecule has 1 aromatic carbocycles. The first kappa shape index (κ1) is 16.1. The van der Waals surface area contributed by atoms with Crippen molar-refractivity contribution in [3.63, 3.8) is 0 Å². The Morgan fingerprint density at radius 1 is 1.13 bits per heavy atom. The average Bonchev–Trinajstić information content (AvgIpc) is 2.92. The number of rotatable bonds is 4. The molecule has 0 unspecified atom stereocenters. The Hall–Kier alpha value is -1.75. The summed E-state index contributed by atoms with van der Waals surface area (Å²) >= 11 is 0. The van der Waals surface area contributed by atoms with Crippen molar-refractivity contribution in [3.8, 4) is 11.5 Å². The van der Waals surface area contributed by atoms with Gasteiger partial charge in [-0.25, -0.2) is 0 Å². The van der Waals surface area contributed by atoms with E-state index in [9.17, 15) is 0 Å². The molecule has 0 amide bonds. The molecule has 23 heavy (non-hydrogen) atoms. The number of fused-ring (bicyclic) bond motifs is 1. The molecule has 1 aliphatic heterocycles. The molecule has 0 N–H and O–H groups in total. The van der Waals surface area contributed by atoms with Gasteiger partial charge in [-0.05, 0) is 50.6 Å². The van der Waals surface area contributed by atoms with Crippen LogP contribution in [0, 0.1) is 0 Å². The standard InChI is InChI=1S/C18H26N2O3/c1-20-10-9-18(8-7-14(19-23-4)12-17(18)20)13-5-6-15(21-2)16(11-13)22-3/h5-6,11,17H,7-10,12H2,1-4H3/b19-14+/t17-,18-/m0/s1. The molecule has 1 heterocycles. The van der Waals surface area contributed by atoms with Crippen molar-refractivity contribution in [2.75, 3.05) is 34.9 Å². The van der Waals surface area contributed by atoms with Crippen LogP contribution in [0.1, 0.15) is 31.2 Å². The third-order valence-corrected chi connectivity index (χ3v) is 5.55. The number of hydrogen-bond acceptors (Lipinski definition) is 5. The van der Waals surface area contributed by atoms with Crippen LogP contribution in [-0.2, 0) is 10.3 Å². The van der Waals surface area contributed by atoms with E-state index in [0.29, 0.717) is 6.04 Å². The van der Waals surface area contributed by atoms with Crippen LogP contribution in [0.4, 0.5) is 0 Å². The summed E-state index contributed by atoms with van der Waals surface area (Å²) in [5.74, 6) is 1.59. The molecule has 0 spiro atoms. The lowest BCUT2D eigenvalue weighted by atomic mass is 9.65. The van der Waals surface area contributed by atoms with Crippen molar-refractivity contribution in [2.45, 2.75) is 37.1 Å². The second kappa shape index (κ2) is 6.40. The lowest BCUT2D eigenvalue weighted by molar-refractivity contribution is 0.195. The molecular formula is C18H26N2O3. The van der Waals surface area contributed by atoms with Crippen molar-refractivity contribution in [2.24, 2.45) is 5.16 Å². The summed E-state index contributed by atoms with van der Waals surface area (Å²) in [4.78, 5) is 7.46. The quantitative estimate of drug-likeness (QED) is 0.801. The first-order valence-electron chi connectivity index (χ1n) is 8.16. The highest BCUT2D eigenvalue weighted by Gasteiger charge is 2.50. The van der Waals surface area contributed by atoms with Crippen LogP contribution >= 0.6 is 0 Å². The number of likely N-dealkylation sites (N-methyl/N-ethyl adjacent to an activating group) is 1. The molecule has 2 aliphatic rings. The molecule has 3 rings (SSSR count). The van der Waals surface area contributed by atoms with E-state index in [1.165, 1.54) is 17.7 Å². The van der Waals surface area contributed by atoms with Gasteiger partial charge in [0.15, 0.2) is 11.5 Å². The zero-order valence-electron chi connectivity index (χ0n) is 14.5. The minimum absolute atomic E-state index is 0.168. The number of methoxy groups -OCH3 is 2. The van der Waals surface area contributed by atoms with E-state index in [4.69, 9.17) is 14.3 Å². The fourth-order valence-electron chi connectivity index (χ4n) is 4.29. The largest absolute Gasteiger partial charge is 0.493 e. The summed E-state index contributed by atoms with van der Waals surface area (Å²) in [5.41, 5.74) is 2.68. The highest BCUT2D eigenvalue weighted by molar-refractivity contribution is 5.86. The summed E-state index contributed by atoms with van der Waals surface area (Å²) in [6, 6.07) is 6.84. The molecule has 1 saturated heterocycles. The van der Waals surface area contributed by atoms with Gasteiger partial charge in [0.1, 0.15) is 7.11 Å². The van der Waals surface area contributed by atoms with Gasteiger partial charge >= 0.3 is 0 Å². The molecule has 5 heteroatoms. The molecule has 126 valence electrons. The molecule has 0 bridgehead atoms. The second-order valence-electron chi connectivity index (χ2n) is 6.52. The highest BCUT2D eigenvalue weighted by Crippen LogP contribution is 2.49. The van der Waals surface area contributed by atoms with Crippen LogP contribution in [0.5, 0.6) is 11.5 Å². The molecule has 0 aromatic heterocycles. The summed E-state index contributed by atoms with van der Waals surface area (Å²) in [7, 11) is 7.21. The average molecular weight is 318 g/mol. The summed E-state index contributed by atoms with van der Waals surface area (Å²) in [6.45, 7) is 1.11. The first-order chi connectivity index (χ1) is 11.1. The SMILES string of the molecule is CO/N=C1\CC[C@@]2(c3ccc(OC)c(OC)c3)CCN(C)[C@H]2C1. The molecule has 5 nitrogen and oxygen atoms in total. The Morgan fingerprint density at radius 2 is 1.91 bits per heavy atom. The van der Waals surface area contributed by atoms with Crippen molar-refractivity contribution >= 4 is 5.71 Å². The monoisotopic (exact) mass is 318 g/mol. The maximum Gasteiger partial charge on any atom is 0.161 e. The molecule has 1 aromatic rings. The molecule has 2 fully saturated rings. The smallest absolute Gasteiger partial charge is 0.161 e. The number of hydrogen-bond donors (Lipinski definition) is 0. The summed E-state index contributed by atoms with van der Waals surface area (Å²) in [6.07, 6.45) is 4.23. The van der Waals surface area contributed by atoms with Gasteiger partial charge in [-0.1, -0.05) is 11.2 Å². The fraction of sp³-hybridized carbons (Fsp3) is 0.611. The van der Waals surface area contributed by atoms with Crippen molar-refractivity contribution < 1.29 is 14.3 Å². The Balaban J connectivity index is 1.98. The van der Waals surface area contributed by atoms with Crippen LogP contribution in [0.3, 0.4) is 0 Å². The van der Waals surface area contributed by atoms with Gasteiger partial charge < -0.3 is 19.2 Å². The minimum Gasteiger partial charge on any atom is -0.493 e. The first-order valence-corrected chi connectivity index (χ1v) is 8.16. The van der Waals surface area contributed by atoms with Gasteiger partial charge in [-0.3, -0.25) is 0 Å². The van der Waals surface area contributed by atoms with E-state index in [1.807, 2.05) is 6.07 Å². The van der Waals surface area contributed by atoms with E-state index in [2.05, 4.69) is 29.2 Å². The second-order valence-corrected chi connectivity index (χ2v) is 6.52. The number of benzene rings is 1. The van der Waals surface area contributed by atoms with Crippen molar-refractivity contribution in [1.29, 1.82) is 0 Å². The lowest BCUT2D eigenvalue weighted by Crippen LogP contribution is -2.46. The van der Waals surface area contributed by atoms with Gasteiger partial charge in [0.25, 0.3) is 0 Å². The zero-order valence-corrected chi connectivity index (χ0v) is 14.5. The zero-order chi connectivity index (χ0) is 16.4. The molecular weight excluding hydrogens is 292 g/mol. The third kappa shape index (κ3) is 2.67. The molecule has 0 radical (unpaired) electrons. The van der Waals surface area contributed by atoms with Gasteiger partial charge in [-0.2, -0.15) is 0 Å². The Morgan fingerprint density at radius 3 is 2.61 bits per heavy atom. The maximum atomic E-state index is 5.52. The summed E-state index contributed by atoms with van der Waals surface area (Å²) in [5, 5.41) is 4.21. The molecule has 2 atom stereocenters. The number of ether oxygens (including phenoxy) is 2. The Bertz CT molecular complexity index is 602. The third-order valence-electron chi connectivity index (χ3n) is 5.55. The number of oxime groups is 1. The van der Waals surface area contributed by atoms with Gasteiger partial charge in [0, 0.05) is 17.9 Å². The van der Waals surface area contributed by atoms with E-state index in [0.717, 1.165) is 37.3 Å². The van der Waals surface area contributed by atoms with Gasteiger partial charge in [-0.15, -0.1) is 0 Å². The topological polar surface area (TPSA) is 43.3 Å².